The maximum absolute atomic E-state index is 13.7. The number of hydrogen-bond acceptors (Lipinski definition) is 5. The van der Waals surface area contributed by atoms with Crippen molar-refractivity contribution in [2.45, 2.75) is 43.9 Å². The number of nitrogens with one attached hydrogen (secondary N) is 1. The molecule has 3 aromatic rings. The number of rotatable bonds is 8. The van der Waals surface area contributed by atoms with Crippen molar-refractivity contribution >= 4 is 23.3 Å². The third kappa shape index (κ3) is 5.30. The number of anilines is 2. The lowest BCUT2D eigenvalue weighted by Crippen LogP contribution is -2.41. The maximum atomic E-state index is 13.7. The third-order valence-corrected chi connectivity index (χ3v) is 7.47. The molecule has 0 aromatic heterocycles. The predicted molar refractivity (Wildman–Crippen MR) is 143 cm³/mol. The zero-order valence-electron chi connectivity index (χ0n) is 22.0. The molecule has 5 rings (SSSR count). The van der Waals surface area contributed by atoms with Crippen LogP contribution in [-0.2, 0) is 22.8 Å². The van der Waals surface area contributed by atoms with Crippen LogP contribution in [0.2, 0.25) is 0 Å². The van der Waals surface area contributed by atoms with E-state index in [1.165, 1.54) is 12.1 Å². The van der Waals surface area contributed by atoms with Crippen molar-refractivity contribution in [1.82, 2.24) is 0 Å². The Labute approximate surface area is 229 Å². The maximum Gasteiger partial charge on any atom is 0.418 e. The highest BCUT2D eigenvalue weighted by atomic mass is 19.4. The summed E-state index contributed by atoms with van der Waals surface area (Å²) in [6.07, 6.45) is -3.86. The third-order valence-electron chi connectivity index (χ3n) is 7.47. The summed E-state index contributed by atoms with van der Waals surface area (Å²) in [4.78, 5) is 27.0. The van der Waals surface area contributed by atoms with Crippen molar-refractivity contribution in [3.8, 4) is 11.5 Å². The molecule has 0 spiro atoms. The van der Waals surface area contributed by atoms with E-state index in [2.05, 4.69) is 10.2 Å². The van der Waals surface area contributed by atoms with E-state index < -0.39 is 34.7 Å². The minimum Gasteiger partial charge on any atom is -0.490 e. The van der Waals surface area contributed by atoms with Crippen LogP contribution in [0.25, 0.3) is 0 Å². The largest absolute Gasteiger partial charge is 0.490 e. The van der Waals surface area contributed by atoms with Gasteiger partial charge >= 0.3 is 12.1 Å². The lowest BCUT2D eigenvalue weighted by molar-refractivity contribution is -0.140. The molecule has 40 heavy (non-hydrogen) atoms. The fraction of sp³-hybridized carbons (Fsp3) is 0.333. The lowest BCUT2D eigenvalue weighted by Gasteiger charge is -2.33. The number of hydrogen-bond donors (Lipinski definition) is 2. The molecule has 2 aliphatic rings. The Hall–Kier alpha value is -4.21. The van der Waals surface area contributed by atoms with Gasteiger partial charge in [0, 0.05) is 12.6 Å². The van der Waals surface area contributed by atoms with E-state index in [0.29, 0.717) is 37.1 Å². The number of amides is 1. The smallest absolute Gasteiger partial charge is 0.418 e. The molecule has 1 aliphatic carbocycles. The van der Waals surface area contributed by atoms with Crippen LogP contribution in [0, 0.1) is 0 Å². The summed E-state index contributed by atoms with van der Waals surface area (Å²) in [7, 11) is 1.98. The van der Waals surface area contributed by atoms with E-state index in [0.717, 1.165) is 23.6 Å². The second-order valence-electron chi connectivity index (χ2n) is 10.2. The standard InChI is InChI=1S/C30H29F3N2O5/c1-3-18-14-20(39-17-21-16-35(2)25-6-4-5-7-26(25)40-21)9-10-22(18)27(36)34-24-15-19(29(12-13-29)28(37)38)8-11-23(24)30(31,32)33/h4-11,14-15,21H,3,12-13,16-17H2,1-2H3,(H,34,36)(H,37,38). The zero-order valence-corrected chi connectivity index (χ0v) is 22.0. The van der Waals surface area contributed by atoms with E-state index >= 15 is 0 Å². The first-order chi connectivity index (χ1) is 19.0. The van der Waals surface area contributed by atoms with Crippen molar-refractivity contribution in [3.63, 3.8) is 0 Å². The Morgan fingerprint density at radius 1 is 1.12 bits per heavy atom. The average Bonchev–Trinajstić information content (AvgIpc) is 3.74. The number of ether oxygens (including phenoxy) is 2. The van der Waals surface area contributed by atoms with E-state index in [9.17, 15) is 27.9 Å². The molecular formula is C30H29F3N2O5. The molecule has 1 unspecified atom stereocenters. The van der Waals surface area contributed by atoms with Gasteiger partial charge in [0.2, 0.25) is 0 Å². The summed E-state index contributed by atoms with van der Waals surface area (Å²) in [5.74, 6) is -0.541. The average molecular weight is 555 g/mol. The molecule has 0 radical (unpaired) electrons. The van der Waals surface area contributed by atoms with Gasteiger partial charge in [-0.1, -0.05) is 25.1 Å². The summed E-state index contributed by atoms with van der Waals surface area (Å²) in [6.45, 7) is 2.72. The number of benzene rings is 3. The van der Waals surface area contributed by atoms with Gasteiger partial charge in [0.15, 0.2) is 0 Å². The molecule has 1 atom stereocenters. The normalized spacial score (nSPS) is 17.4. The number of likely N-dealkylation sites (N-methyl/N-ethyl adjacent to an activating group) is 1. The van der Waals surface area contributed by atoms with E-state index in [-0.39, 0.29) is 23.8 Å². The molecule has 10 heteroatoms. The Morgan fingerprint density at radius 3 is 2.55 bits per heavy atom. The predicted octanol–water partition coefficient (Wildman–Crippen LogP) is 5.91. The van der Waals surface area contributed by atoms with Crippen LogP contribution in [0.4, 0.5) is 24.5 Å². The Morgan fingerprint density at radius 2 is 1.88 bits per heavy atom. The Balaban J connectivity index is 1.33. The van der Waals surface area contributed by atoms with Crippen LogP contribution in [0.5, 0.6) is 11.5 Å². The van der Waals surface area contributed by atoms with Gasteiger partial charge in [0.25, 0.3) is 5.91 Å². The van der Waals surface area contributed by atoms with Gasteiger partial charge in [0.05, 0.1) is 28.9 Å². The first kappa shape index (κ1) is 27.4. The van der Waals surface area contributed by atoms with Crippen LogP contribution < -0.4 is 19.7 Å². The molecule has 1 aliphatic heterocycles. The zero-order chi connectivity index (χ0) is 28.7. The molecule has 7 nitrogen and oxygen atoms in total. The summed E-state index contributed by atoms with van der Waals surface area (Å²) in [5, 5.41) is 12.0. The molecule has 2 N–H and O–H groups in total. The molecule has 1 heterocycles. The number of alkyl halides is 3. The first-order valence-corrected chi connectivity index (χ1v) is 13.0. The van der Waals surface area contributed by atoms with Crippen LogP contribution >= 0.6 is 0 Å². The highest BCUT2D eigenvalue weighted by Gasteiger charge is 2.52. The van der Waals surface area contributed by atoms with Crippen LogP contribution in [0.15, 0.2) is 60.7 Å². The quantitative estimate of drug-likeness (QED) is 0.360. The highest BCUT2D eigenvalue weighted by molar-refractivity contribution is 6.06. The fourth-order valence-electron chi connectivity index (χ4n) is 5.08. The number of para-hydroxylation sites is 2. The van der Waals surface area contributed by atoms with Gasteiger partial charge in [-0.3, -0.25) is 9.59 Å². The SMILES string of the molecule is CCc1cc(OCC2CN(C)c3ccccc3O2)ccc1C(=O)Nc1cc(C2(C(=O)O)CC2)ccc1C(F)(F)F. The van der Waals surface area contributed by atoms with Crippen molar-refractivity contribution < 1.29 is 37.3 Å². The molecule has 1 saturated carbocycles. The highest BCUT2D eigenvalue weighted by Crippen LogP contribution is 2.50. The Kier molecular flexibility index (Phi) is 7.12. The summed E-state index contributed by atoms with van der Waals surface area (Å²) < 4.78 is 53.3. The minimum absolute atomic E-state index is 0.204. The van der Waals surface area contributed by atoms with E-state index in [1.54, 1.807) is 12.1 Å². The van der Waals surface area contributed by atoms with Gasteiger partial charge in [-0.25, -0.2) is 0 Å². The second kappa shape index (κ2) is 10.4. The molecule has 0 saturated heterocycles. The van der Waals surface area contributed by atoms with Gasteiger partial charge in [-0.2, -0.15) is 13.2 Å². The van der Waals surface area contributed by atoms with E-state index in [4.69, 9.17) is 9.47 Å². The van der Waals surface area contributed by atoms with Crippen LogP contribution in [0.3, 0.4) is 0 Å². The fourth-order valence-corrected chi connectivity index (χ4v) is 5.08. The number of carbonyl (C=O) groups excluding carboxylic acids is 1. The number of nitrogens with zero attached hydrogens (tertiary/aromatic N) is 1. The molecule has 1 fully saturated rings. The monoisotopic (exact) mass is 554 g/mol. The van der Waals surface area contributed by atoms with Gasteiger partial charge in [-0.15, -0.1) is 0 Å². The number of fused-ring (bicyclic) bond motifs is 1. The molecular weight excluding hydrogens is 525 g/mol. The number of carboxylic acid groups (broad SMARTS) is 1. The Bertz CT molecular complexity index is 1450. The number of aliphatic carboxylic acids is 1. The molecule has 0 bridgehead atoms. The minimum atomic E-state index is -4.73. The number of carbonyl (C=O) groups is 2. The van der Waals surface area contributed by atoms with E-state index in [1.807, 2.05) is 38.2 Å². The van der Waals surface area contributed by atoms with Crippen molar-refractivity contribution in [1.29, 1.82) is 0 Å². The summed E-state index contributed by atoms with van der Waals surface area (Å²) in [5.41, 5.74) is -0.688. The van der Waals surface area contributed by atoms with Crippen LogP contribution in [0.1, 0.15) is 46.8 Å². The number of aryl methyl sites for hydroxylation is 1. The topological polar surface area (TPSA) is 88.1 Å². The van der Waals surface area contributed by atoms with Gasteiger partial charge in [0.1, 0.15) is 24.2 Å². The van der Waals surface area contributed by atoms with Gasteiger partial charge in [-0.05, 0) is 72.9 Å². The summed E-state index contributed by atoms with van der Waals surface area (Å²) >= 11 is 0. The lowest BCUT2D eigenvalue weighted by atomic mass is 9.94. The van der Waals surface area contributed by atoms with Crippen molar-refractivity contribution in [3.05, 3.63) is 82.9 Å². The molecule has 3 aromatic carbocycles. The van der Waals surface area contributed by atoms with Crippen molar-refractivity contribution in [2.75, 3.05) is 30.4 Å². The first-order valence-electron chi connectivity index (χ1n) is 13.0. The number of carboxylic acids is 1. The molecule has 1 amide bonds. The molecule has 210 valence electrons. The number of halogens is 3. The second-order valence-corrected chi connectivity index (χ2v) is 10.2. The van der Waals surface area contributed by atoms with Gasteiger partial charge < -0.3 is 24.8 Å². The van der Waals surface area contributed by atoms with Crippen LogP contribution in [-0.4, -0.2) is 43.3 Å². The van der Waals surface area contributed by atoms with Crippen molar-refractivity contribution in [2.24, 2.45) is 0 Å². The summed E-state index contributed by atoms with van der Waals surface area (Å²) in [6, 6.07) is 15.7.